The summed E-state index contributed by atoms with van der Waals surface area (Å²) >= 11 is 0. The molecule has 0 N–H and O–H groups in total. The van der Waals surface area contributed by atoms with Gasteiger partial charge in [-0.2, -0.15) is 0 Å². The molecular formula is C18H19NO2. The van der Waals surface area contributed by atoms with E-state index in [1.807, 2.05) is 60.7 Å². The van der Waals surface area contributed by atoms with E-state index in [1.165, 1.54) is 0 Å². The third-order valence-corrected chi connectivity index (χ3v) is 3.59. The minimum atomic E-state index is -0.0673. The van der Waals surface area contributed by atoms with Crippen LogP contribution in [-0.4, -0.2) is 19.2 Å². The number of anilines is 1. The van der Waals surface area contributed by atoms with Crippen molar-refractivity contribution in [1.29, 1.82) is 0 Å². The van der Waals surface area contributed by atoms with Crippen LogP contribution < -0.4 is 4.90 Å². The number of hydrogen-bond acceptors (Lipinski definition) is 2. The van der Waals surface area contributed by atoms with Crippen LogP contribution in [-0.2, 0) is 9.59 Å². The molecule has 0 fully saturated rings. The zero-order chi connectivity index (χ0) is 15.1. The molecular weight excluding hydrogens is 262 g/mol. The maximum atomic E-state index is 12.4. The normalized spacial score (nSPS) is 11.7. The van der Waals surface area contributed by atoms with Gasteiger partial charge in [0.05, 0.1) is 0 Å². The van der Waals surface area contributed by atoms with Crippen LogP contribution in [0.5, 0.6) is 0 Å². The molecule has 0 aliphatic heterocycles. The molecule has 0 aliphatic rings. The fraction of sp³-hybridized carbons (Fsp3) is 0.222. The lowest BCUT2D eigenvalue weighted by atomic mass is 9.92. The van der Waals surface area contributed by atoms with E-state index < -0.39 is 0 Å². The predicted molar refractivity (Wildman–Crippen MR) is 84.3 cm³/mol. The van der Waals surface area contributed by atoms with E-state index in [9.17, 15) is 9.59 Å². The second kappa shape index (κ2) is 7.39. The van der Waals surface area contributed by atoms with Crippen LogP contribution >= 0.6 is 0 Å². The Kier molecular flexibility index (Phi) is 5.27. The molecule has 0 radical (unpaired) electrons. The number of nitrogens with zero attached hydrogens (tertiary/aromatic N) is 1. The molecule has 1 amide bonds. The number of para-hydroxylation sites is 1. The zero-order valence-corrected chi connectivity index (χ0v) is 12.1. The minimum Gasteiger partial charge on any atom is -0.315 e. The molecule has 1 unspecified atom stereocenters. The molecule has 0 aromatic heterocycles. The summed E-state index contributed by atoms with van der Waals surface area (Å²) in [4.78, 5) is 24.9. The van der Waals surface area contributed by atoms with Gasteiger partial charge in [0, 0.05) is 25.6 Å². The molecule has 1 atom stereocenters. The number of rotatable bonds is 6. The molecule has 0 saturated heterocycles. The van der Waals surface area contributed by atoms with Crippen molar-refractivity contribution in [3.63, 3.8) is 0 Å². The summed E-state index contributed by atoms with van der Waals surface area (Å²) in [6, 6.07) is 19.2. The van der Waals surface area contributed by atoms with E-state index >= 15 is 0 Å². The van der Waals surface area contributed by atoms with Crippen LogP contribution in [0.4, 0.5) is 5.69 Å². The van der Waals surface area contributed by atoms with Gasteiger partial charge >= 0.3 is 0 Å². The number of hydrogen-bond donors (Lipinski definition) is 0. The summed E-state index contributed by atoms with van der Waals surface area (Å²) in [5.41, 5.74) is 1.89. The lowest BCUT2D eigenvalue weighted by molar-refractivity contribution is -0.118. The number of carbonyl (C=O) groups excluding carboxylic acids is 2. The van der Waals surface area contributed by atoms with Gasteiger partial charge in [-0.25, -0.2) is 0 Å². The largest absolute Gasteiger partial charge is 0.315 e. The Morgan fingerprint density at radius 1 is 1.05 bits per heavy atom. The van der Waals surface area contributed by atoms with Crippen LogP contribution in [0.3, 0.4) is 0 Å². The Morgan fingerprint density at radius 2 is 1.62 bits per heavy atom. The van der Waals surface area contributed by atoms with Gasteiger partial charge in [0.25, 0.3) is 0 Å². The lowest BCUT2D eigenvalue weighted by Gasteiger charge is -2.21. The highest BCUT2D eigenvalue weighted by atomic mass is 16.2. The van der Waals surface area contributed by atoms with Gasteiger partial charge in [-0.1, -0.05) is 48.5 Å². The fourth-order valence-electron chi connectivity index (χ4n) is 2.32. The lowest BCUT2D eigenvalue weighted by Crippen LogP contribution is -2.27. The first-order chi connectivity index (χ1) is 10.2. The summed E-state index contributed by atoms with van der Waals surface area (Å²) in [6.07, 6.45) is 1.57. The Morgan fingerprint density at radius 3 is 2.19 bits per heavy atom. The SMILES string of the molecule is CN(C(=O)CC(CC=O)c1ccccc1)c1ccccc1. The van der Waals surface area contributed by atoms with Gasteiger partial charge in [0.15, 0.2) is 0 Å². The molecule has 0 aliphatic carbocycles. The first kappa shape index (κ1) is 15.0. The summed E-state index contributed by atoms with van der Waals surface area (Å²) in [6.45, 7) is 0. The van der Waals surface area contributed by atoms with Crippen molar-refractivity contribution in [2.75, 3.05) is 11.9 Å². The standard InChI is InChI=1S/C18H19NO2/c1-19(17-10-6-3-7-11-17)18(21)14-16(12-13-20)15-8-4-2-5-9-15/h2-11,13,16H,12,14H2,1H3. The van der Waals surface area contributed by atoms with Crippen LogP contribution in [0.15, 0.2) is 60.7 Å². The van der Waals surface area contributed by atoms with Crippen molar-refractivity contribution in [3.05, 3.63) is 66.2 Å². The minimum absolute atomic E-state index is 0.0110. The maximum Gasteiger partial charge on any atom is 0.227 e. The van der Waals surface area contributed by atoms with Crippen molar-refractivity contribution in [2.24, 2.45) is 0 Å². The average molecular weight is 281 g/mol. The third-order valence-electron chi connectivity index (χ3n) is 3.59. The van der Waals surface area contributed by atoms with Crippen LogP contribution in [0.25, 0.3) is 0 Å². The zero-order valence-electron chi connectivity index (χ0n) is 12.1. The number of amides is 1. The van der Waals surface area contributed by atoms with Gasteiger partial charge in [-0.3, -0.25) is 4.79 Å². The van der Waals surface area contributed by atoms with Gasteiger partial charge < -0.3 is 9.69 Å². The van der Waals surface area contributed by atoms with Crippen molar-refractivity contribution in [2.45, 2.75) is 18.8 Å². The second-order valence-electron chi connectivity index (χ2n) is 5.00. The smallest absolute Gasteiger partial charge is 0.227 e. The molecule has 0 heterocycles. The topological polar surface area (TPSA) is 37.4 Å². The van der Waals surface area contributed by atoms with Crippen molar-refractivity contribution >= 4 is 17.9 Å². The fourth-order valence-corrected chi connectivity index (χ4v) is 2.32. The highest BCUT2D eigenvalue weighted by Crippen LogP contribution is 2.24. The highest BCUT2D eigenvalue weighted by Gasteiger charge is 2.19. The van der Waals surface area contributed by atoms with Crippen molar-refractivity contribution in [3.8, 4) is 0 Å². The molecule has 2 rings (SSSR count). The molecule has 3 heteroatoms. The van der Waals surface area contributed by atoms with Crippen LogP contribution in [0, 0.1) is 0 Å². The van der Waals surface area contributed by atoms with E-state index in [1.54, 1.807) is 11.9 Å². The van der Waals surface area contributed by atoms with Gasteiger partial charge in [-0.05, 0) is 23.6 Å². The predicted octanol–water partition coefficient (Wildman–Crippen LogP) is 3.41. The van der Waals surface area contributed by atoms with E-state index in [0.717, 1.165) is 17.5 Å². The van der Waals surface area contributed by atoms with Crippen LogP contribution in [0.2, 0.25) is 0 Å². The van der Waals surface area contributed by atoms with Gasteiger partial charge in [0.1, 0.15) is 6.29 Å². The summed E-state index contributed by atoms with van der Waals surface area (Å²) in [7, 11) is 1.76. The molecule has 21 heavy (non-hydrogen) atoms. The molecule has 2 aromatic rings. The van der Waals surface area contributed by atoms with Gasteiger partial charge in [0.2, 0.25) is 5.91 Å². The summed E-state index contributed by atoms with van der Waals surface area (Å²) in [5.74, 6) is -0.0562. The van der Waals surface area contributed by atoms with Crippen molar-refractivity contribution < 1.29 is 9.59 Å². The Balaban J connectivity index is 2.10. The number of benzene rings is 2. The summed E-state index contributed by atoms with van der Waals surface area (Å²) in [5, 5.41) is 0. The van der Waals surface area contributed by atoms with Gasteiger partial charge in [-0.15, -0.1) is 0 Å². The van der Waals surface area contributed by atoms with E-state index in [0.29, 0.717) is 12.8 Å². The van der Waals surface area contributed by atoms with Crippen molar-refractivity contribution in [1.82, 2.24) is 0 Å². The molecule has 0 bridgehead atoms. The Bertz CT molecular complexity index is 581. The Hall–Kier alpha value is -2.42. The number of aldehydes is 1. The molecule has 3 nitrogen and oxygen atoms in total. The van der Waals surface area contributed by atoms with E-state index in [4.69, 9.17) is 0 Å². The molecule has 2 aromatic carbocycles. The quantitative estimate of drug-likeness (QED) is 0.761. The third kappa shape index (κ3) is 4.02. The first-order valence-electron chi connectivity index (χ1n) is 7.02. The van der Waals surface area contributed by atoms with E-state index in [2.05, 4.69) is 0 Å². The van der Waals surface area contributed by atoms with Crippen LogP contribution in [0.1, 0.15) is 24.3 Å². The molecule has 0 spiro atoms. The second-order valence-corrected chi connectivity index (χ2v) is 5.00. The first-order valence-corrected chi connectivity index (χ1v) is 7.02. The Labute approximate surface area is 125 Å². The molecule has 108 valence electrons. The maximum absolute atomic E-state index is 12.4. The highest BCUT2D eigenvalue weighted by molar-refractivity contribution is 5.93. The number of carbonyl (C=O) groups is 2. The monoisotopic (exact) mass is 281 g/mol. The average Bonchev–Trinajstić information content (AvgIpc) is 2.55. The molecule has 0 saturated carbocycles. The van der Waals surface area contributed by atoms with E-state index in [-0.39, 0.29) is 11.8 Å². The summed E-state index contributed by atoms with van der Waals surface area (Å²) < 4.78 is 0.